The second kappa shape index (κ2) is 6.94. The van der Waals surface area contributed by atoms with Crippen molar-refractivity contribution in [1.29, 1.82) is 0 Å². The molecule has 21 heavy (non-hydrogen) atoms. The van der Waals surface area contributed by atoms with Crippen LogP contribution in [0.2, 0.25) is 0 Å². The minimum Gasteiger partial charge on any atom is -0.496 e. The number of hydrogen-bond acceptors (Lipinski definition) is 3. The number of aromatic nitrogens is 2. The highest BCUT2D eigenvalue weighted by Gasteiger charge is 2.18. The summed E-state index contributed by atoms with van der Waals surface area (Å²) in [5, 5.41) is 14.9. The van der Waals surface area contributed by atoms with Crippen LogP contribution in [-0.2, 0) is 13.0 Å². The maximum absolute atomic E-state index is 10.5. The Kier molecular flexibility index (Phi) is 5.46. The molecule has 0 fully saturated rings. The summed E-state index contributed by atoms with van der Waals surface area (Å²) in [5.74, 6) is 0.751. The second-order valence-corrected chi connectivity index (χ2v) is 6.42. The summed E-state index contributed by atoms with van der Waals surface area (Å²) < 4.78 is 8.93. The van der Waals surface area contributed by atoms with E-state index in [1.807, 2.05) is 36.7 Å². The lowest BCUT2D eigenvalue weighted by atomic mass is 10.0. The Morgan fingerprint density at radius 3 is 2.67 bits per heavy atom. The first kappa shape index (κ1) is 16.5. The molecule has 1 unspecified atom stereocenters. The molecule has 0 amide bonds. The Bertz CT molecular complexity index is 641. The van der Waals surface area contributed by atoms with Crippen LogP contribution in [-0.4, -0.2) is 22.0 Å². The Morgan fingerprint density at radius 1 is 1.38 bits per heavy atom. The highest BCUT2D eigenvalue weighted by Crippen LogP contribution is 2.31. The molecule has 4 nitrogen and oxygen atoms in total. The van der Waals surface area contributed by atoms with Crippen molar-refractivity contribution in [3.8, 4) is 5.75 Å². The molecule has 0 saturated heterocycles. The van der Waals surface area contributed by atoms with Gasteiger partial charge in [0.2, 0.25) is 0 Å². The summed E-state index contributed by atoms with van der Waals surface area (Å²) in [7, 11) is 1.62. The fraction of sp³-hybridized carbons (Fsp3) is 0.400. The third-order valence-electron chi connectivity index (χ3n) is 3.40. The van der Waals surface area contributed by atoms with Gasteiger partial charge in [-0.15, -0.1) is 0 Å². The van der Waals surface area contributed by atoms with Gasteiger partial charge >= 0.3 is 0 Å². The van der Waals surface area contributed by atoms with Gasteiger partial charge in [-0.05, 0) is 63.4 Å². The van der Waals surface area contributed by atoms with Gasteiger partial charge in [0.15, 0.2) is 0 Å². The monoisotopic (exact) mass is 416 g/mol. The lowest BCUT2D eigenvalue weighted by Crippen LogP contribution is -2.09. The van der Waals surface area contributed by atoms with Gasteiger partial charge in [-0.25, -0.2) is 0 Å². The van der Waals surface area contributed by atoms with Gasteiger partial charge < -0.3 is 9.84 Å². The highest BCUT2D eigenvalue weighted by molar-refractivity contribution is 9.10. The molecule has 1 aromatic carbocycles. The standard InChI is InChI=1S/C15H18Br2N2O2/c1-4-19-12(15(17)9(2)18-19)8-13(20)10-5-6-14(21-3)11(16)7-10/h5-7,13,20H,4,8H2,1-3H3. The Morgan fingerprint density at radius 2 is 2.10 bits per heavy atom. The fourth-order valence-corrected chi connectivity index (χ4v) is 3.26. The van der Waals surface area contributed by atoms with E-state index in [0.29, 0.717) is 6.42 Å². The zero-order valence-electron chi connectivity index (χ0n) is 12.2. The van der Waals surface area contributed by atoms with Gasteiger partial charge in [-0.1, -0.05) is 6.07 Å². The molecule has 2 aromatic rings. The molecule has 2 rings (SSSR count). The van der Waals surface area contributed by atoms with Crippen molar-refractivity contribution >= 4 is 31.9 Å². The maximum Gasteiger partial charge on any atom is 0.133 e. The van der Waals surface area contributed by atoms with E-state index in [4.69, 9.17) is 4.74 Å². The molecule has 0 aliphatic carbocycles. The number of aliphatic hydroxyl groups is 1. The number of halogens is 2. The number of rotatable bonds is 5. The van der Waals surface area contributed by atoms with Gasteiger partial charge in [-0.2, -0.15) is 5.10 Å². The molecule has 0 spiro atoms. The summed E-state index contributed by atoms with van der Waals surface area (Å²) in [4.78, 5) is 0. The van der Waals surface area contributed by atoms with Crippen LogP contribution >= 0.6 is 31.9 Å². The number of hydrogen-bond donors (Lipinski definition) is 1. The van der Waals surface area contributed by atoms with Crippen molar-refractivity contribution in [3.05, 3.63) is 44.1 Å². The molecule has 0 radical (unpaired) electrons. The summed E-state index contributed by atoms with van der Waals surface area (Å²) in [5.41, 5.74) is 2.79. The van der Waals surface area contributed by atoms with Crippen LogP contribution < -0.4 is 4.74 Å². The average Bonchev–Trinajstić information content (AvgIpc) is 2.74. The predicted octanol–water partition coefficient (Wildman–Crippen LogP) is 4.02. The minimum atomic E-state index is -0.593. The van der Waals surface area contributed by atoms with Crippen LogP contribution in [0, 0.1) is 6.92 Å². The molecule has 0 bridgehead atoms. The third-order valence-corrected chi connectivity index (χ3v) is 5.05. The van der Waals surface area contributed by atoms with Crippen molar-refractivity contribution in [2.24, 2.45) is 0 Å². The van der Waals surface area contributed by atoms with Gasteiger partial charge in [-0.3, -0.25) is 4.68 Å². The topological polar surface area (TPSA) is 47.3 Å². The van der Waals surface area contributed by atoms with Gasteiger partial charge in [0.05, 0.1) is 33.5 Å². The van der Waals surface area contributed by atoms with E-state index >= 15 is 0 Å². The molecule has 0 saturated carbocycles. The van der Waals surface area contributed by atoms with E-state index in [2.05, 4.69) is 37.0 Å². The lowest BCUT2D eigenvalue weighted by molar-refractivity contribution is 0.175. The predicted molar refractivity (Wildman–Crippen MR) is 89.7 cm³/mol. The van der Waals surface area contributed by atoms with Gasteiger partial charge in [0.25, 0.3) is 0 Å². The fourth-order valence-electron chi connectivity index (χ4n) is 2.25. The number of benzene rings is 1. The highest BCUT2D eigenvalue weighted by atomic mass is 79.9. The SMILES string of the molecule is CCn1nc(C)c(Br)c1CC(O)c1ccc(OC)c(Br)c1. The van der Waals surface area contributed by atoms with Crippen molar-refractivity contribution in [2.45, 2.75) is 32.9 Å². The van der Waals surface area contributed by atoms with Crippen molar-refractivity contribution in [2.75, 3.05) is 7.11 Å². The Balaban J connectivity index is 2.25. The molecule has 1 heterocycles. The van der Waals surface area contributed by atoms with Crippen LogP contribution in [0.1, 0.15) is 30.0 Å². The Hall–Kier alpha value is -0.850. The molecular weight excluding hydrogens is 400 g/mol. The van der Waals surface area contributed by atoms with Crippen LogP contribution in [0.3, 0.4) is 0 Å². The van der Waals surface area contributed by atoms with Gasteiger partial charge in [0.1, 0.15) is 5.75 Å². The molecular formula is C15H18Br2N2O2. The van der Waals surface area contributed by atoms with E-state index < -0.39 is 6.10 Å². The van der Waals surface area contributed by atoms with Gasteiger partial charge in [0, 0.05) is 13.0 Å². The van der Waals surface area contributed by atoms with Crippen LogP contribution in [0.25, 0.3) is 0 Å². The van der Waals surface area contributed by atoms with Crippen LogP contribution in [0.5, 0.6) is 5.75 Å². The first-order valence-electron chi connectivity index (χ1n) is 6.71. The summed E-state index contributed by atoms with van der Waals surface area (Å²) >= 11 is 7.00. The quantitative estimate of drug-likeness (QED) is 0.798. The number of methoxy groups -OCH3 is 1. The average molecular weight is 418 g/mol. The van der Waals surface area contributed by atoms with Crippen LogP contribution in [0.4, 0.5) is 0 Å². The van der Waals surface area contributed by atoms with E-state index in [1.165, 1.54) is 0 Å². The molecule has 1 aromatic heterocycles. The normalized spacial score (nSPS) is 12.5. The van der Waals surface area contributed by atoms with E-state index in [9.17, 15) is 5.11 Å². The zero-order valence-corrected chi connectivity index (χ0v) is 15.4. The van der Waals surface area contributed by atoms with Crippen molar-refractivity contribution in [3.63, 3.8) is 0 Å². The van der Waals surface area contributed by atoms with Crippen molar-refractivity contribution in [1.82, 2.24) is 9.78 Å². The Labute approximate surface area is 141 Å². The molecule has 1 atom stereocenters. The summed E-state index contributed by atoms with van der Waals surface area (Å²) in [6.07, 6.45) is -0.0847. The maximum atomic E-state index is 10.5. The van der Waals surface area contributed by atoms with E-state index in [1.54, 1.807) is 7.11 Å². The number of aryl methyl sites for hydroxylation is 2. The molecule has 0 aliphatic rings. The van der Waals surface area contributed by atoms with Crippen LogP contribution in [0.15, 0.2) is 27.1 Å². The van der Waals surface area contributed by atoms with E-state index in [0.717, 1.165) is 38.2 Å². The number of ether oxygens (including phenoxy) is 1. The summed E-state index contributed by atoms with van der Waals surface area (Å²) in [6.45, 7) is 4.77. The minimum absolute atomic E-state index is 0.508. The largest absolute Gasteiger partial charge is 0.496 e. The van der Waals surface area contributed by atoms with Crippen molar-refractivity contribution < 1.29 is 9.84 Å². The number of nitrogens with zero attached hydrogens (tertiary/aromatic N) is 2. The smallest absolute Gasteiger partial charge is 0.133 e. The molecule has 6 heteroatoms. The first-order valence-corrected chi connectivity index (χ1v) is 8.29. The zero-order chi connectivity index (χ0) is 15.6. The lowest BCUT2D eigenvalue weighted by Gasteiger charge is -2.14. The molecule has 1 N–H and O–H groups in total. The second-order valence-electron chi connectivity index (χ2n) is 4.78. The number of aliphatic hydroxyl groups excluding tert-OH is 1. The van der Waals surface area contributed by atoms with E-state index in [-0.39, 0.29) is 0 Å². The molecule has 114 valence electrons. The summed E-state index contributed by atoms with van der Waals surface area (Å²) in [6, 6.07) is 5.61. The first-order chi connectivity index (χ1) is 9.97. The molecule has 0 aliphatic heterocycles. The third kappa shape index (κ3) is 3.49.